The third-order valence-electron chi connectivity index (χ3n) is 3.08. The molecule has 4 nitrogen and oxygen atoms in total. The lowest BCUT2D eigenvalue weighted by Crippen LogP contribution is -2.29. The Bertz CT molecular complexity index is 564. The number of hydrogen-bond donors (Lipinski definition) is 1. The predicted molar refractivity (Wildman–Crippen MR) is 78.4 cm³/mol. The second-order valence-electron chi connectivity index (χ2n) is 4.90. The molecule has 0 bridgehead atoms. The highest BCUT2D eigenvalue weighted by atomic mass is 35.7. The maximum atomic E-state index is 11.9. The lowest BCUT2D eigenvalue weighted by molar-refractivity contribution is 0.0949. The summed E-state index contributed by atoms with van der Waals surface area (Å²) in [6, 6.07) is 1.33. The van der Waals surface area contributed by atoms with Crippen LogP contribution in [0.25, 0.3) is 0 Å². The Labute approximate surface area is 122 Å². The van der Waals surface area contributed by atoms with E-state index in [0.29, 0.717) is 28.1 Å². The van der Waals surface area contributed by atoms with Crippen molar-refractivity contribution in [3.8, 4) is 0 Å². The molecule has 19 heavy (non-hydrogen) atoms. The smallest absolute Gasteiger partial charge is 0.262 e. The van der Waals surface area contributed by atoms with Crippen molar-refractivity contribution in [3.05, 3.63) is 15.8 Å². The van der Waals surface area contributed by atoms with Crippen molar-refractivity contribution >= 4 is 37.0 Å². The second-order valence-corrected chi connectivity index (χ2v) is 8.69. The fourth-order valence-corrected chi connectivity index (χ4v) is 3.98. The summed E-state index contributed by atoms with van der Waals surface area (Å²) in [6.07, 6.45) is 0. The summed E-state index contributed by atoms with van der Waals surface area (Å²) in [5, 5.41) is 2.81. The van der Waals surface area contributed by atoms with Crippen LogP contribution in [0.2, 0.25) is 0 Å². The lowest BCUT2D eigenvalue weighted by Gasteiger charge is -2.15. The standard InChI is InChI=1S/C12H18ClNO3S2/c1-7(2)8(3)6-14-12(15)10-5-11(9(4)18-10)19(13,16)17/h5,7-8H,6H2,1-4H3,(H,14,15). The van der Waals surface area contributed by atoms with E-state index in [1.54, 1.807) is 6.92 Å². The highest BCUT2D eigenvalue weighted by Crippen LogP contribution is 2.28. The van der Waals surface area contributed by atoms with E-state index >= 15 is 0 Å². The normalized spacial score (nSPS) is 13.6. The lowest BCUT2D eigenvalue weighted by atomic mass is 9.98. The van der Waals surface area contributed by atoms with E-state index in [1.165, 1.54) is 6.07 Å². The summed E-state index contributed by atoms with van der Waals surface area (Å²) < 4.78 is 22.6. The monoisotopic (exact) mass is 323 g/mol. The molecule has 0 fully saturated rings. The van der Waals surface area contributed by atoms with Gasteiger partial charge >= 0.3 is 0 Å². The molecule has 1 unspecified atom stereocenters. The summed E-state index contributed by atoms with van der Waals surface area (Å²) in [5.74, 6) is 0.581. The van der Waals surface area contributed by atoms with Gasteiger partial charge in [-0.2, -0.15) is 0 Å². The van der Waals surface area contributed by atoms with Crippen LogP contribution in [0, 0.1) is 18.8 Å². The number of rotatable bonds is 5. The second kappa shape index (κ2) is 6.24. The zero-order valence-electron chi connectivity index (χ0n) is 11.4. The minimum Gasteiger partial charge on any atom is -0.351 e. The molecule has 0 spiro atoms. The van der Waals surface area contributed by atoms with Crippen molar-refractivity contribution in [1.29, 1.82) is 0 Å². The zero-order chi connectivity index (χ0) is 14.8. The molecule has 1 rings (SSSR count). The minimum absolute atomic E-state index is 0.0150. The molecule has 1 atom stereocenters. The number of thiophene rings is 1. The number of halogens is 1. The third kappa shape index (κ3) is 4.47. The van der Waals surface area contributed by atoms with Gasteiger partial charge < -0.3 is 5.32 Å². The van der Waals surface area contributed by atoms with Gasteiger partial charge in [0.25, 0.3) is 15.0 Å². The van der Waals surface area contributed by atoms with Crippen LogP contribution in [0.3, 0.4) is 0 Å². The largest absolute Gasteiger partial charge is 0.351 e. The van der Waals surface area contributed by atoms with Crippen LogP contribution in [0.15, 0.2) is 11.0 Å². The van der Waals surface area contributed by atoms with Gasteiger partial charge in [0.15, 0.2) is 0 Å². The van der Waals surface area contributed by atoms with E-state index in [-0.39, 0.29) is 10.8 Å². The molecule has 0 aromatic carbocycles. The van der Waals surface area contributed by atoms with E-state index in [0.717, 1.165) is 11.3 Å². The van der Waals surface area contributed by atoms with Gasteiger partial charge in [-0.15, -0.1) is 11.3 Å². The van der Waals surface area contributed by atoms with Gasteiger partial charge in [-0.3, -0.25) is 4.79 Å². The quantitative estimate of drug-likeness (QED) is 0.847. The Morgan fingerprint density at radius 1 is 1.42 bits per heavy atom. The van der Waals surface area contributed by atoms with Crippen LogP contribution in [0.1, 0.15) is 35.3 Å². The first-order chi connectivity index (χ1) is 8.62. The Morgan fingerprint density at radius 2 is 2.00 bits per heavy atom. The summed E-state index contributed by atoms with van der Waals surface area (Å²) in [7, 11) is 1.51. The first-order valence-electron chi connectivity index (χ1n) is 5.96. The molecule has 0 aliphatic rings. The molecular formula is C12H18ClNO3S2. The van der Waals surface area contributed by atoms with Gasteiger partial charge in [-0.25, -0.2) is 8.42 Å². The topological polar surface area (TPSA) is 63.2 Å². The SMILES string of the molecule is Cc1sc(C(=O)NCC(C)C(C)C)cc1S(=O)(=O)Cl. The fourth-order valence-electron chi connectivity index (χ4n) is 1.40. The van der Waals surface area contributed by atoms with Gasteiger partial charge in [-0.1, -0.05) is 20.8 Å². The van der Waals surface area contributed by atoms with Gasteiger partial charge in [0.1, 0.15) is 0 Å². The van der Waals surface area contributed by atoms with Crippen molar-refractivity contribution in [2.45, 2.75) is 32.6 Å². The van der Waals surface area contributed by atoms with Crippen LogP contribution < -0.4 is 5.32 Å². The predicted octanol–water partition coefficient (Wildman–Crippen LogP) is 3.01. The Hall–Kier alpha value is -0.590. The molecule has 0 saturated carbocycles. The van der Waals surface area contributed by atoms with E-state index in [9.17, 15) is 13.2 Å². The van der Waals surface area contributed by atoms with E-state index in [4.69, 9.17) is 10.7 Å². The van der Waals surface area contributed by atoms with Crippen molar-refractivity contribution < 1.29 is 13.2 Å². The minimum atomic E-state index is -3.79. The summed E-state index contributed by atoms with van der Waals surface area (Å²) in [5.41, 5.74) is 0. The van der Waals surface area contributed by atoms with Crippen molar-refractivity contribution in [1.82, 2.24) is 5.32 Å². The van der Waals surface area contributed by atoms with Gasteiger partial charge in [-0.05, 0) is 24.8 Å². The maximum Gasteiger partial charge on any atom is 0.262 e. The molecule has 1 aromatic rings. The molecule has 7 heteroatoms. The van der Waals surface area contributed by atoms with Crippen molar-refractivity contribution in [2.24, 2.45) is 11.8 Å². The molecule has 1 amide bonds. The average molecular weight is 324 g/mol. The number of carbonyl (C=O) groups is 1. The molecule has 0 aliphatic carbocycles. The molecule has 1 aromatic heterocycles. The molecular weight excluding hydrogens is 306 g/mol. The van der Waals surface area contributed by atoms with Crippen LogP contribution in [-0.2, 0) is 9.05 Å². The molecule has 0 radical (unpaired) electrons. The van der Waals surface area contributed by atoms with E-state index in [2.05, 4.69) is 26.1 Å². The number of hydrogen-bond acceptors (Lipinski definition) is 4. The molecule has 1 N–H and O–H groups in total. The van der Waals surface area contributed by atoms with Gasteiger partial charge in [0.05, 0.1) is 9.77 Å². The number of nitrogens with one attached hydrogen (secondary N) is 1. The Morgan fingerprint density at radius 3 is 2.42 bits per heavy atom. The number of carbonyl (C=O) groups excluding carboxylic acids is 1. The maximum absolute atomic E-state index is 11.9. The molecule has 0 aliphatic heterocycles. The van der Waals surface area contributed by atoms with Crippen LogP contribution in [0.4, 0.5) is 0 Å². The van der Waals surface area contributed by atoms with Crippen molar-refractivity contribution in [3.63, 3.8) is 0 Å². The van der Waals surface area contributed by atoms with Gasteiger partial charge in [0, 0.05) is 22.1 Å². The van der Waals surface area contributed by atoms with Crippen molar-refractivity contribution in [2.75, 3.05) is 6.54 Å². The van der Waals surface area contributed by atoms with Gasteiger partial charge in [0.2, 0.25) is 0 Å². The van der Waals surface area contributed by atoms with Crippen LogP contribution in [-0.4, -0.2) is 20.9 Å². The Kier molecular flexibility index (Phi) is 5.41. The Balaban J connectivity index is 2.80. The highest BCUT2D eigenvalue weighted by Gasteiger charge is 2.20. The highest BCUT2D eigenvalue weighted by molar-refractivity contribution is 8.13. The summed E-state index contributed by atoms with van der Waals surface area (Å²) in [6.45, 7) is 8.43. The number of aryl methyl sites for hydroxylation is 1. The number of amides is 1. The fraction of sp³-hybridized carbons (Fsp3) is 0.583. The summed E-state index contributed by atoms with van der Waals surface area (Å²) in [4.78, 5) is 12.8. The van der Waals surface area contributed by atoms with E-state index < -0.39 is 9.05 Å². The van der Waals surface area contributed by atoms with E-state index in [1.807, 2.05) is 0 Å². The zero-order valence-corrected chi connectivity index (χ0v) is 13.7. The molecule has 0 saturated heterocycles. The molecule has 1 heterocycles. The van der Waals surface area contributed by atoms with Crippen LogP contribution in [0.5, 0.6) is 0 Å². The molecule has 108 valence electrons. The van der Waals surface area contributed by atoms with Crippen LogP contribution >= 0.6 is 22.0 Å². The summed E-state index contributed by atoms with van der Waals surface area (Å²) >= 11 is 1.13. The average Bonchev–Trinajstić information content (AvgIpc) is 2.67. The first kappa shape index (κ1) is 16.5. The third-order valence-corrected chi connectivity index (χ3v) is 5.71. The first-order valence-corrected chi connectivity index (χ1v) is 9.08.